The van der Waals surface area contributed by atoms with Crippen LogP contribution in [0, 0.1) is 50.7 Å². The Labute approximate surface area is 272 Å². The molecule has 6 aliphatic rings. The Bertz CT molecular complexity index is 1290. The number of carbonyl (C=O) groups excluding carboxylic acids is 2. The summed E-state index contributed by atoms with van der Waals surface area (Å²) in [5, 5.41) is 64.3. The molecule has 0 radical (unpaired) electrons. The van der Waals surface area contributed by atoms with Gasteiger partial charge in [0.1, 0.15) is 30.5 Å². The van der Waals surface area contributed by atoms with Crippen molar-refractivity contribution in [3.63, 3.8) is 0 Å². The van der Waals surface area contributed by atoms with Gasteiger partial charge >= 0.3 is 5.97 Å². The first-order valence-corrected chi connectivity index (χ1v) is 17.4. The summed E-state index contributed by atoms with van der Waals surface area (Å²) >= 11 is 0. The largest absolute Gasteiger partial charge is 0.432 e. The van der Waals surface area contributed by atoms with Crippen LogP contribution in [0.3, 0.4) is 0 Å². The second kappa shape index (κ2) is 10.8. The average Bonchev–Trinajstić information content (AvgIpc) is 2.98. The Morgan fingerprint density at radius 3 is 2.26 bits per heavy atom. The molecule has 1 aliphatic heterocycles. The van der Waals surface area contributed by atoms with Gasteiger partial charge in [-0.3, -0.25) is 9.59 Å². The van der Waals surface area contributed by atoms with Gasteiger partial charge in [0.05, 0.1) is 17.6 Å². The van der Waals surface area contributed by atoms with E-state index in [1.807, 2.05) is 27.7 Å². The zero-order chi connectivity index (χ0) is 34.0. The minimum absolute atomic E-state index is 0.0874. The topological polar surface area (TPSA) is 174 Å². The van der Waals surface area contributed by atoms with E-state index in [0.29, 0.717) is 38.5 Å². The Hall–Kier alpha value is -1.40. The van der Waals surface area contributed by atoms with Crippen molar-refractivity contribution in [3.8, 4) is 0 Å². The van der Waals surface area contributed by atoms with Crippen molar-refractivity contribution in [1.29, 1.82) is 0 Å². The number of carbonyl (C=O) groups is 2. The minimum atomic E-state index is -1.71. The summed E-state index contributed by atoms with van der Waals surface area (Å²) in [6.07, 6.45) is -1.47. The second-order valence-electron chi connectivity index (χ2n) is 17.5. The molecule has 1 saturated heterocycles. The Kier molecular flexibility index (Phi) is 8.09. The van der Waals surface area contributed by atoms with Crippen molar-refractivity contribution in [1.82, 2.24) is 0 Å². The van der Waals surface area contributed by atoms with Crippen molar-refractivity contribution in [2.24, 2.45) is 50.7 Å². The number of ether oxygens (including phenoxy) is 2. The van der Waals surface area contributed by atoms with Crippen molar-refractivity contribution in [2.75, 3.05) is 6.61 Å². The molecule has 5 aliphatic carbocycles. The van der Waals surface area contributed by atoms with Gasteiger partial charge in [0, 0.05) is 17.8 Å². The minimum Gasteiger partial charge on any atom is -0.432 e. The van der Waals surface area contributed by atoms with E-state index in [1.165, 1.54) is 0 Å². The number of aliphatic hydroxyl groups excluding tert-OH is 5. The molecule has 46 heavy (non-hydrogen) atoms. The lowest BCUT2D eigenvalue weighted by Crippen LogP contribution is -2.69. The molecule has 5 fully saturated rings. The van der Waals surface area contributed by atoms with Gasteiger partial charge in [-0.05, 0) is 85.9 Å². The van der Waals surface area contributed by atoms with E-state index in [2.05, 4.69) is 26.8 Å². The molecule has 0 unspecified atom stereocenters. The molecule has 6 N–H and O–H groups in total. The summed E-state index contributed by atoms with van der Waals surface area (Å²) in [5.41, 5.74) is -2.76. The predicted molar refractivity (Wildman–Crippen MR) is 167 cm³/mol. The lowest BCUT2D eigenvalue weighted by atomic mass is 9.33. The van der Waals surface area contributed by atoms with Gasteiger partial charge in [-0.1, -0.05) is 53.2 Å². The van der Waals surface area contributed by atoms with Crippen molar-refractivity contribution in [2.45, 2.75) is 142 Å². The summed E-state index contributed by atoms with van der Waals surface area (Å²) in [7, 11) is 0. The van der Waals surface area contributed by atoms with E-state index < -0.39 is 71.7 Å². The van der Waals surface area contributed by atoms with Crippen molar-refractivity contribution in [3.05, 3.63) is 11.6 Å². The van der Waals surface area contributed by atoms with E-state index in [9.17, 15) is 40.2 Å². The summed E-state index contributed by atoms with van der Waals surface area (Å²) in [4.78, 5) is 27.7. The summed E-state index contributed by atoms with van der Waals surface area (Å²) < 4.78 is 11.4. The number of Topliss-reactive ketones (excluding diaryl/α,β-unsaturated/α-hetero) is 1. The van der Waals surface area contributed by atoms with Gasteiger partial charge in [0.2, 0.25) is 6.29 Å². The Morgan fingerprint density at radius 1 is 0.935 bits per heavy atom. The van der Waals surface area contributed by atoms with Crippen LogP contribution in [-0.4, -0.2) is 91.4 Å². The third-order valence-electron chi connectivity index (χ3n) is 15.3. The maximum absolute atomic E-state index is 14.4. The van der Waals surface area contributed by atoms with Crippen LogP contribution in [0.25, 0.3) is 0 Å². The van der Waals surface area contributed by atoms with Crippen LogP contribution in [0.5, 0.6) is 0 Å². The molecule has 0 amide bonds. The highest BCUT2D eigenvalue weighted by molar-refractivity contribution is 5.85. The van der Waals surface area contributed by atoms with Gasteiger partial charge in [-0.2, -0.15) is 0 Å². The van der Waals surface area contributed by atoms with Crippen LogP contribution in [0.4, 0.5) is 0 Å². The zero-order valence-corrected chi connectivity index (χ0v) is 28.5. The zero-order valence-electron chi connectivity index (χ0n) is 28.5. The van der Waals surface area contributed by atoms with Crippen LogP contribution in [-0.2, 0) is 19.1 Å². The summed E-state index contributed by atoms with van der Waals surface area (Å²) in [5.74, 6) is -1.04. The molecule has 10 nitrogen and oxygen atoms in total. The number of esters is 1. The predicted octanol–water partition coefficient (Wildman–Crippen LogP) is 2.64. The van der Waals surface area contributed by atoms with Gasteiger partial charge in [0.15, 0.2) is 5.78 Å². The molecule has 260 valence electrons. The summed E-state index contributed by atoms with van der Waals surface area (Å²) in [6.45, 7) is 14.1. The fourth-order valence-corrected chi connectivity index (χ4v) is 12.1. The third kappa shape index (κ3) is 4.32. The molecule has 0 aromatic heterocycles. The molecular formula is C36H56O10. The molecule has 0 spiro atoms. The Morgan fingerprint density at radius 2 is 1.61 bits per heavy atom. The number of ketones is 1. The fourth-order valence-electron chi connectivity index (χ4n) is 12.1. The maximum Gasteiger partial charge on any atom is 0.315 e. The number of allylic oxidation sites excluding steroid dienone is 1. The highest BCUT2D eigenvalue weighted by Gasteiger charge is 2.72. The van der Waals surface area contributed by atoms with E-state index >= 15 is 0 Å². The van der Waals surface area contributed by atoms with Gasteiger partial charge < -0.3 is 40.1 Å². The van der Waals surface area contributed by atoms with Crippen molar-refractivity contribution < 1.29 is 49.7 Å². The van der Waals surface area contributed by atoms with E-state index in [-0.39, 0.29) is 39.8 Å². The lowest BCUT2D eigenvalue weighted by Gasteiger charge is -2.71. The number of aliphatic hydroxyl groups is 6. The van der Waals surface area contributed by atoms with Crippen LogP contribution < -0.4 is 0 Å². The number of hydrogen-bond acceptors (Lipinski definition) is 10. The molecule has 0 aromatic rings. The molecule has 10 heteroatoms. The van der Waals surface area contributed by atoms with E-state index in [1.54, 1.807) is 0 Å². The van der Waals surface area contributed by atoms with Crippen LogP contribution in [0.2, 0.25) is 0 Å². The number of hydrogen-bond donors (Lipinski definition) is 6. The molecule has 0 aromatic carbocycles. The van der Waals surface area contributed by atoms with E-state index in [0.717, 1.165) is 18.4 Å². The van der Waals surface area contributed by atoms with Gasteiger partial charge in [-0.25, -0.2) is 0 Å². The second-order valence-corrected chi connectivity index (χ2v) is 17.5. The summed E-state index contributed by atoms with van der Waals surface area (Å²) in [6, 6.07) is 0. The third-order valence-corrected chi connectivity index (χ3v) is 15.3. The smallest absolute Gasteiger partial charge is 0.315 e. The average molecular weight is 649 g/mol. The first kappa shape index (κ1) is 34.5. The number of fused-ring (bicyclic) bond motifs is 7. The highest BCUT2D eigenvalue weighted by atomic mass is 16.7. The SMILES string of the molecule is C[C@@H]1CC[C@]2(C(=O)O[C@@H]3O[C@H](CO)[C@@H](O)[C@H](O)[C@H]3O)CC[C@]3(C)C(=CC[C@@H]4[C@@]5(C)CC(=O)[C@H](O)C(C)(C)[C@@H]5CC[C@]43C)[C@@H]2[C@]1(C)O. The molecule has 6 rings (SSSR count). The molecule has 4 saturated carbocycles. The monoisotopic (exact) mass is 648 g/mol. The quantitative estimate of drug-likeness (QED) is 0.197. The maximum atomic E-state index is 14.4. The first-order chi connectivity index (χ1) is 21.2. The van der Waals surface area contributed by atoms with Crippen LogP contribution in [0.15, 0.2) is 11.6 Å². The normalized spacial score (nSPS) is 54.8. The van der Waals surface area contributed by atoms with E-state index in [4.69, 9.17) is 9.47 Å². The Balaban J connectivity index is 1.40. The molecule has 15 atom stereocenters. The lowest BCUT2D eigenvalue weighted by molar-refractivity contribution is -0.299. The standard InChI is InChI=1S/C36H56O10/c1-18-10-13-36(30(43)46-29-26(41)25(40)24(39)21(17-37)45-29)15-14-33(5)19(27(36)35(18,7)44)8-9-23-32(4)16-20(38)28(42)31(2,3)22(32)11-12-34(23,33)6/h8,18,21-29,37,39-42,44H,9-17H2,1-7H3/t18-,21-,22+,23-,24-,25+,26-,27-,28+,29+,32+,33-,34-,35-,36+/m1/s1. The van der Waals surface area contributed by atoms with Crippen LogP contribution >= 0.6 is 0 Å². The van der Waals surface area contributed by atoms with Crippen LogP contribution in [0.1, 0.15) is 99.8 Å². The van der Waals surface area contributed by atoms with Crippen molar-refractivity contribution >= 4 is 11.8 Å². The fraction of sp³-hybridized carbons (Fsp3) is 0.889. The van der Waals surface area contributed by atoms with Gasteiger partial charge in [0.25, 0.3) is 0 Å². The van der Waals surface area contributed by atoms with Gasteiger partial charge in [-0.15, -0.1) is 0 Å². The highest BCUT2D eigenvalue weighted by Crippen LogP contribution is 2.76. The first-order valence-electron chi connectivity index (χ1n) is 17.4. The molecule has 0 bridgehead atoms. The molecule has 1 heterocycles. The number of rotatable bonds is 3. The molecular weight excluding hydrogens is 592 g/mol.